The number of amides is 1. The van der Waals surface area contributed by atoms with E-state index in [0.717, 1.165) is 32.2 Å². The van der Waals surface area contributed by atoms with Crippen LogP contribution in [-0.2, 0) is 0 Å². The molecule has 0 aliphatic heterocycles. The van der Waals surface area contributed by atoms with Crippen molar-refractivity contribution >= 4 is 11.7 Å². The van der Waals surface area contributed by atoms with Crippen LogP contribution in [0, 0.1) is 0 Å². The number of aromatic nitrogens is 2. The normalized spacial score (nSPS) is 22.8. The van der Waals surface area contributed by atoms with Gasteiger partial charge in [-0.05, 0) is 32.6 Å². The van der Waals surface area contributed by atoms with Gasteiger partial charge in [0.2, 0.25) is 0 Å². The largest absolute Gasteiger partial charge is 0.393 e. The average Bonchev–Trinajstić information content (AvgIpc) is 2.42. The summed E-state index contributed by atoms with van der Waals surface area (Å²) < 4.78 is 0. The van der Waals surface area contributed by atoms with Gasteiger partial charge in [0.05, 0.1) is 18.5 Å². The number of carbonyl (C=O) groups is 1. The molecule has 6 nitrogen and oxygen atoms in total. The van der Waals surface area contributed by atoms with Crippen molar-refractivity contribution in [2.75, 3.05) is 11.9 Å². The zero-order chi connectivity index (χ0) is 13.7. The monoisotopic (exact) mass is 264 g/mol. The predicted molar refractivity (Wildman–Crippen MR) is 71.9 cm³/mol. The van der Waals surface area contributed by atoms with Gasteiger partial charge in [-0.2, -0.15) is 0 Å². The first-order chi connectivity index (χ1) is 9.19. The fourth-order valence-electron chi connectivity index (χ4n) is 2.20. The van der Waals surface area contributed by atoms with E-state index in [1.54, 1.807) is 6.20 Å². The third kappa shape index (κ3) is 3.89. The number of anilines is 1. The van der Waals surface area contributed by atoms with E-state index < -0.39 is 0 Å². The Morgan fingerprint density at radius 1 is 1.32 bits per heavy atom. The average molecular weight is 264 g/mol. The molecule has 1 saturated carbocycles. The van der Waals surface area contributed by atoms with E-state index in [1.165, 1.54) is 6.20 Å². The number of carbonyl (C=O) groups excluding carboxylic acids is 1. The van der Waals surface area contributed by atoms with Crippen molar-refractivity contribution in [3.63, 3.8) is 0 Å². The summed E-state index contributed by atoms with van der Waals surface area (Å²) in [6.07, 6.45) is 5.94. The van der Waals surface area contributed by atoms with Crippen LogP contribution in [0.2, 0.25) is 0 Å². The Bertz CT molecular complexity index is 413. The zero-order valence-electron chi connectivity index (χ0n) is 11.1. The molecule has 1 aromatic heterocycles. The Labute approximate surface area is 112 Å². The molecule has 1 aliphatic rings. The Morgan fingerprint density at radius 3 is 2.63 bits per heavy atom. The van der Waals surface area contributed by atoms with Gasteiger partial charge in [0.1, 0.15) is 11.5 Å². The van der Waals surface area contributed by atoms with Crippen molar-refractivity contribution in [2.45, 2.75) is 44.8 Å². The first-order valence-electron chi connectivity index (χ1n) is 6.74. The van der Waals surface area contributed by atoms with E-state index in [0.29, 0.717) is 11.5 Å². The summed E-state index contributed by atoms with van der Waals surface area (Å²) in [6, 6.07) is 0.131. The predicted octanol–water partition coefficient (Wildman–Crippen LogP) is 0.942. The molecular formula is C13H20N4O2. The van der Waals surface area contributed by atoms with Crippen LogP contribution in [-0.4, -0.2) is 39.7 Å². The first-order valence-corrected chi connectivity index (χ1v) is 6.74. The molecule has 1 heterocycles. The molecule has 1 aromatic rings. The highest BCUT2D eigenvalue weighted by Crippen LogP contribution is 2.18. The van der Waals surface area contributed by atoms with Crippen LogP contribution in [0.4, 0.5) is 5.82 Å². The van der Waals surface area contributed by atoms with Crippen LogP contribution in [0.25, 0.3) is 0 Å². The van der Waals surface area contributed by atoms with Crippen LogP contribution < -0.4 is 10.6 Å². The molecule has 6 heteroatoms. The van der Waals surface area contributed by atoms with Crippen molar-refractivity contribution in [1.82, 2.24) is 15.3 Å². The summed E-state index contributed by atoms with van der Waals surface area (Å²) in [5, 5.41) is 15.4. The minimum absolute atomic E-state index is 0.131. The van der Waals surface area contributed by atoms with Crippen LogP contribution >= 0.6 is 0 Å². The third-order valence-corrected chi connectivity index (χ3v) is 3.27. The van der Waals surface area contributed by atoms with Crippen molar-refractivity contribution in [3.05, 3.63) is 18.1 Å². The van der Waals surface area contributed by atoms with Gasteiger partial charge in [-0.15, -0.1) is 0 Å². The second kappa shape index (κ2) is 6.47. The molecule has 1 amide bonds. The van der Waals surface area contributed by atoms with Gasteiger partial charge in [0, 0.05) is 12.6 Å². The minimum Gasteiger partial charge on any atom is -0.393 e. The van der Waals surface area contributed by atoms with E-state index in [2.05, 4.69) is 20.6 Å². The summed E-state index contributed by atoms with van der Waals surface area (Å²) in [5.74, 6) is 0.469. The highest BCUT2D eigenvalue weighted by atomic mass is 16.3. The maximum absolute atomic E-state index is 12.0. The number of rotatable bonds is 4. The van der Waals surface area contributed by atoms with Gasteiger partial charge < -0.3 is 15.7 Å². The van der Waals surface area contributed by atoms with Crippen molar-refractivity contribution in [3.8, 4) is 0 Å². The topological polar surface area (TPSA) is 87.1 Å². The van der Waals surface area contributed by atoms with E-state index >= 15 is 0 Å². The molecule has 1 fully saturated rings. The molecule has 0 aromatic carbocycles. The lowest BCUT2D eigenvalue weighted by Gasteiger charge is -2.25. The maximum atomic E-state index is 12.0. The van der Waals surface area contributed by atoms with Crippen molar-refractivity contribution in [2.24, 2.45) is 0 Å². The Morgan fingerprint density at radius 2 is 2.05 bits per heavy atom. The Hall–Kier alpha value is -1.69. The highest BCUT2D eigenvalue weighted by Gasteiger charge is 2.21. The van der Waals surface area contributed by atoms with Crippen LogP contribution in [0.15, 0.2) is 12.4 Å². The van der Waals surface area contributed by atoms with E-state index in [1.807, 2.05) is 6.92 Å². The number of nitrogens with zero attached hydrogens (tertiary/aromatic N) is 2. The van der Waals surface area contributed by atoms with E-state index in [4.69, 9.17) is 0 Å². The smallest absolute Gasteiger partial charge is 0.271 e. The Kier molecular flexibility index (Phi) is 4.68. The Balaban J connectivity index is 1.88. The minimum atomic E-state index is -0.215. The van der Waals surface area contributed by atoms with Gasteiger partial charge in [0.25, 0.3) is 5.91 Å². The third-order valence-electron chi connectivity index (χ3n) is 3.27. The molecule has 0 spiro atoms. The second-order valence-corrected chi connectivity index (χ2v) is 4.80. The van der Waals surface area contributed by atoms with Gasteiger partial charge >= 0.3 is 0 Å². The lowest BCUT2D eigenvalue weighted by Crippen LogP contribution is -2.38. The number of hydrogen-bond donors (Lipinski definition) is 3. The molecule has 2 rings (SSSR count). The van der Waals surface area contributed by atoms with Crippen LogP contribution in [0.1, 0.15) is 43.1 Å². The fraction of sp³-hybridized carbons (Fsp3) is 0.615. The van der Waals surface area contributed by atoms with E-state index in [9.17, 15) is 9.90 Å². The molecule has 1 aliphatic carbocycles. The molecular weight excluding hydrogens is 244 g/mol. The molecule has 0 atom stereocenters. The van der Waals surface area contributed by atoms with Crippen LogP contribution in [0.3, 0.4) is 0 Å². The number of aliphatic hydroxyl groups is 1. The van der Waals surface area contributed by atoms with Gasteiger partial charge in [0.15, 0.2) is 0 Å². The summed E-state index contributed by atoms with van der Waals surface area (Å²) in [5.41, 5.74) is 0.327. The zero-order valence-corrected chi connectivity index (χ0v) is 11.1. The summed E-state index contributed by atoms with van der Waals surface area (Å²) in [6.45, 7) is 2.74. The van der Waals surface area contributed by atoms with Gasteiger partial charge in [-0.1, -0.05) is 0 Å². The molecule has 0 radical (unpaired) electrons. The fourth-order valence-corrected chi connectivity index (χ4v) is 2.20. The SMILES string of the molecule is CCNc1cnc(C(=O)NC2CCC(O)CC2)cn1. The lowest BCUT2D eigenvalue weighted by atomic mass is 9.93. The number of hydrogen-bond acceptors (Lipinski definition) is 5. The summed E-state index contributed by atoms with van der Waals surface area (Å²) >= 11 is 0. The van der Waals surface area contributed by atoms with Gasteiger partial charge in [-0.3, -0.25) is 4.79 Å². The van der Waals surface area contributed by atoms with E-state index in [-0.39, 0.29) is 18.1 Å². The number of nitrogens with one attached hydrogen (secondary N) is 2. The molecule has 0 saturated heterocycles. The van der Waals surface area contributed by atoms with Crippen molar-refractivity contribution < 1.29 is 9.90 Å². The standard InChI is InChI=1S/C13H20N4O2/c1-2-14-12-8-15-11(7-16-12)13(19)17-9-3-5-10(18)6-4-9/h7-10,18H,2-6H2,1H3,(H,14,16)(H,17,19). The van der Waals surface area contributed by atoms with Gasteiger partial charge in [-0.25, -0.2) is 9.97 Å². The first kappa shape index (κ1) is 13.7. The van der Waals surface area contributed by atoms with Crippen molar-refractivity contribution in [1.29, 1.82) is 0 Å². The summed E-state index contributed by atoms with van der Waals surface area (Å²) in [4.78, 5) is 20.2. The maximum Gasteiger partial charge on any atom is 0.271 e. The molecule has 3 N–H and O–H groups in total. The number of aliphatic hydroxyl groups excluding tert-OH is 1. The quantitative estimate of drug-likeness (QED) is 0.753. The summed E-state index contributed by atoms with van der Waals surface area (Å²) in [7, 11) is 0. The molecule has 104 valence electrons. The highest BCUT2D eigenvalue weighted by molar-refractivity contribution is 5.92. The lowest BCUT2D eigenvalue weighted by molar-refractivity contribution is 0.0863. The second-order valence-electron chi connectivity index (χ2n) is 4.80. The molecule has 0 unspecified atom stereocenters. The molecule has 19 heavy (non-hydrogen) atoms. The van der Waals surface area contributed by atoms with Crippen LogP contribution in [0.5, 0.6) is 0 Å². The molecule has 0 bridgehead atoms.